The van der Waals surface area contributed by atoms with Gasteiger partial charge >= 0.3 is 5.97 Å². The summed E-state index contributed by atoms with van der Waals surface area (Å²) in [6, 6.07) is 4.76. The zero-order chi connectivity index (χ0) is 12.3. The molecule has 1 N–H and O–H groups in total. The number of hydrogen-bond donors (Lipinski definition) is 1. The fourth-order valence-electron chi connectivity index (χ4n) is 1.70. The van der Waals surface area contributed by atoms with Gasteiger partial charge in [0.2, 0.25) is 0 Å². The van der Waals surface area contributed by atoms with Crippen molar-refractivity contribution in [1.82, 2.24) is 0 Å². The molecule has 0 heterocycles. The molecule has 88 valence electrons. The van der Waals surface area contributed by atoms with Crippen molar-refractivity contribution in [2.45, 2.75) is 27.2 Å². The summed E-state index contributed by atoms with van der Waals surface area (Å²) in [5.41, 5.74) is 1.44. The van der Waals surface area contributed by atoms with Crippen molar-refractivity contribution in [3.63, 3.8) is 0 Å². The van der Waals surface area contributed by atoms with E-state index >= 15 is 0 Å². The largest absolute Gasteiger partial charge is 0.481 e. The monoisotopic (exact) mass is 224 g/mol. The molecule has 0 amide bonds. The van der Waals surface area contributed by atoms with E-state index in [0.717, 1.165) is 5.56 Å². The summed E-state index contributed by atoms with van der Waals surface area (Å²) in [4.78, 5) is 11.0. The maximum Gasteiger partial charge on any atom is 0.307 e. The molecule has 1 aromatic rings. The van der Waals surface area contributed by atoms with Gasteiger partial charge in [-0.25, -0.2) is 4.39 Å². The van der Waals surface area contributed by atoms with E-state index in [4.69, 9.17) is 5.11 Å². The molecule has 0 aliphatic rings. The summed E-state index contributed by atoms with van der Waals surface area (Å²) in [6.45, 7) is 5.45. The van der Waals surface area contributed by atoms with Gasteiger partial charge in [-0.15, -0.1) is 0 Å². The molecule has 0 aliphatic heterocycles. The maximum absolute atomic E-state index is 13.0. The van der Waals surface area contributed by atoms with Crippen molar-refractivity contribution in [3.05, 3.63) is 35.1 Å². The number of carboxylic acids is 1. The van der Waals surface area contributed by atoms with Gasteiger partial charge < -0.3 is 5.11 Å². The fourth-order valence-corrected chi connectivity index (χ4v) is 1.70. The van der Waals surface area contributed by atoms with Gasteiger partial charge in [0, 0.05) is 0 Å². The zero-order valence-electron chi connectivity index (χ0n) is 9.83. The molecule has 0 bridgehead atoms. The van der Waals surface area contributed by atoms with Gasteiger partial charge in [-0.3, -0.25) is 4.79 Å². The normalized spacial score (nSPS) is 12.8. The van der Waals surface area contributed by atoms with Crippen LogP contribution in [0.25, 0.3) is 0 Å². The van der Waals surface area contributed by atoms with Crippen LogP contribution in [0.2, 0.25) is 0 Å². The number of aliphatic carboxylic acids is 1. The highest BCUT2D eigenvalue weighted by molar-refractivity contribution is 5.70. The van der Waals surface area contributed by atoms with Gasteiger partial charge in [0.1, 0.15) is 5.82 Å². The quantitative estimate of drug-likeness (QED) is 0.853. The summed E-state index contributed by atoms with van der Waals surface area (Å²) in [5.74, 6) is -1.38. The Morgan fingerprint density at radius 3 is 2.50 bits per heavy atom. The molecule has 0 aliphatic carbocycles. The minimum absolute atomic E-state index is 0.0721. The van der Waals surface area contributed by atoms with E-state index in [1.165, 1.54) is 6.07 Å². The van der Waals surface area contributed by atoms with Crippen molar-refractivity contribution in [2.24, 2.45) is 11.8 Å². The van der Waals surface area contributed by atoms with Crippen LogP contribution in [0.4, 0.5) is 4.39 Å². The lowest BCUT2D eigenvalue weighted by molar-refractivity contribution is -0.143. The molecule has 3 heteroatoms. The second-order valence-corrected chi connectivity index (χ2v) is 4.48. The summed E-state index contributed by atoms with van der Waals surface area (Å²) in [5, 5.41) is 9.05. The first-order valence-electron chi connectivity index (χ1n) is 5.39. The van der Waals surface area contributed by atoms with Gasteiger partial charge in [-0.2, -0.15) is 0 Å². The predicted octanol–water partition coefficient (Wildman–Crippen LogP) is 3.03. The van der Waals surface area contributed by atoms with Crippen molar-refractivity contribution >= 4 is 5.97 Å². The number of aryl methyl sites for hydroxylation is 1. The highest BCUT2D eigenvalue weighted by Gasteiger charge is 2.21. The summed E-state index contributed by atoms with van der Waals surface area (Å²) in [7, 11) is 0. The number of hydrogen-bond acceptors (Lipinski definition) is 1. The molecule has 0 spiro atoms. The van der Waals surface area contributed by atoms with Crippen LogP contribution in [-0.2, 0) is 11.2 Å². The third-order valence-corrected chi connectivity index (χ3v) is 2.80. The molecule has 1 atom stereocenters. The smallest absolute Gasteiger partial charge is 0.307 e. The van der Waals surface area contributed by atoms with Crippen LogP contribution >= 0.6 is 0 Å². The van der Waals surface area contributed by atoms with E-state index in [0.29, 0.717) is 12.0 Å². The SMILES string of the molecule is Cc1cc(CC(C(=O)O)C(C)C)ccc1F. The summed E-state index contributed by atoms with van der Waals surface area (Å²) < 4.78 is 13.0. The van der Waals surface area contributed by atoms with Crippen molar-refractivity contribution < 1.29 is 14.3 Å². The third kappa shape index (κ3) is 3.05. The lowest BCUT2D eigenvalue weighted by Crippen LogP contribution is -2.22. The summed E-state index contributed by atoms with van der Waals surface area (Å²) in [6.07, 6.45) is 0.452. The highest BCUT2D eigenvalue weighted by Crippen LogP contribution is 2.19. The van der Waals surface area contributed by atoms with Gasteiger partial charge in [0.05, 0.1) is 5.92 Å². The van der Waals surface area contributed by atoms with Crippen LogP contribution in [0.1, 0.15) is 25.0 Å². The number of halogens is 1. The van der Waals surface area contributed by atoms with Gasteiger partial charge in [0.25, 0.3) is 0 Å². The lowest BCUT2D eigenvalue weighted by Gasteiger charge is -2.16. The van der Waals surface area contributed by atoms with Crippen LogP contribution in [0.15, 0.2) is 18.2 Å². The molecule has 1 aromatic carbocycles. The zero-order valence-corrected chi connectivity index (χ0v) is 9.83. The maximum atomic E-state index is 13.0. The topological polar surface area (TPSA) is 37.3 Å². The molecule has 1 rings (SSSR count). The molecule has 0 radical (unpaired) electrons. The van der Waals surface area contributed by atoms with E-state index in [-0.39, 0.29) is 11.7 Å². The Balaban J connectivity index is 2.86. The average Bonchev–Trinajstić information content (AvgIpc) is 2.18. The average molecular weight is 224 g/mol. The highest BCUT2D eigenvalue weighted by atomic mass is 19.1. The summed E-state index contributed by atoms with van der Waals surface area (Å²) >= 11 is 0. The van der Waals surface area contributed by atoms with E-state index in [1.807, 2.05) is 13.8 Å². The molecule has 16 heavy (non-hydrogen) atoms. The Hall–Kier alpha value is -1.38. The first-order chi connectivity index (χ1) is 7.41. The van der Waals surface area contributed by atoms with E-state index in [2.05, 4.69) is 0 Å². The number of carboxylic acid groups (broad SMARTS) is 1. The van der Waals surface area contributed by atoms with Crippen molar-refractivity contribution in [3.8, 4) is 0 Å². The first kappa shape index (κ1) is 12.7. The van der Waals surface area contributed by atoms with Gasteiger partial charge in [-0.05, 0) is 36.5 Å². The predicted molar refractivity (Wildman–Crippen MR) is 60.8 cm³/mol. The molecule has 0 aromatic heterocycles. The molecule has 2 nitrogen and oxygen atoms in total. The third-order valence-electron chi connectivity index (χ3n) is 2.80. The van der Waals surface area contributed by atoms with E-state index in [9.17, 15) is 9.18 Å². The standard InChI is InChI=1S/C13H17FO2/c1-8(2)11(13(15)16)7-10-4-5-12(14)9(3)6-10/h4-6,8,11H,7H2,1-3H3,(H,15,16). The van der Waals surface area contributed by atoms with E-state index < -0.39 is 11.9 Å². The van der Waals surface area contributed by atoms with Crippen molar-refractivity contribution in [1.29, 1.82) is 0 Å². The first-order valence-corrected chi connectivity index (χ1v) is 5.39. The number of benzene rings is 1. The van der Waals surface area contributed by atoms with Gasteiger partial charge in [-0.1, -0.05) is 26.0 Å². The molecule has 0 saturated carbocycles. The van der Waals surface area contributed by atoms with Crippen LogP contribution in [0.3, 0.4) is 0 Å². The molecule has 1 unspecified atom stereocenters. The molecular formula is C13H17FO2. The second-order valence-electron chi connectivity index (χ2n) is 4.48. The minimum Gasteiger partial charge on any atom is -0.481 e. The Kier molecular flexibility index (Phi) is 4.05. The molecule has 0 fully saturated rings. The molecule has 0 saturated heterocycles. The minimum atomic E-state index is -0.794. The fraction of sp³-hybridized carbons (Fsp3) is 0.462. The lowest BCUT2D eigenvalue weighted by atomic mass is 9.89. The Morgan fingerprint density at radius 2 is 2.06 bits per heavy atom. The molecular weight excluding hydrogens is 207 g/mol. The van der Waals surface area contributed by atoms with E-state index in [1.54, 1.807) is 19.1 Å². The Bertz CT molecular complexity index is 386. The van der Waals surface area contributed by atoms with Crippen LogP contribution in [0, 0.1) is 24.6 Å². The number of carbonyl (C=O) groups is 1. The van der Waals surface area contributed by atoms with Crippen molar-refractivity contribution in [2.75, 3.05) is 0 Å². The van der Waals surface area contributed by atoms with Crippen LogP contribution in [0.5, 0.6) is 0 Å². The number of rotatable bonds is 4. The Morgan fingerprint density at radius 1 is 1.44 bits per heavy atom. The van der Waals surface area contributed by atoms with Crippen LogP contribution in [-0.4, -0.2) is 11.1 Å². The van der Waals surface area contributed by atoms with Crippen LogP contribution < -0.4 is 0 Å². The second kappa shape index (κ2) is 5.10. The Labute approximate surface area is 95.1 Å². The van der Waals surface area contributed by atoms with Gasteiger partial charge in [0.15, 0.2) is 0 Å².